The third-order valence-corrected chi connectivity index (χ3v) is 19.2. The van der Waals surface area contributed by atoms with Gasteiger partial charge in [0.05, 0.1) is 79.4 Å². The van der Waals surface area contributed by atoms with Gasteiger partial charge in [-0.25, -0.2) is 0 Å². The molecule has 0 bridgehead atoms. The van der Waals surface area contributed by atoms with Crippen LogP contribution in [0.1, 0.15) is 97.2 Å². The highest BCUT2D eigenvalue weighted by Crippen LogP contribution is 2.67. The quantitative estimate of drug-likeness (QED) is 0.173. The maximum Gasteiger partial charge on any atom is 0.0939 e. The number of benzene rings is 7. The molecule has 2 spiro atoms. The van der Waals surface area contributed by atoms with Gasteiger partial charge in [-0.1, -0.05) is 156 Å². The van der Waals surface area contributed by atoms with Crippen molar-refractivity contribution in [3.05, 3.63) is 262 Å². The topological polar surface area (TPSA) is 61.4 Å². The lowest BCUT2D eigenvalue weighted by Gasteiger charge is -2.40. The summed E-state index contributed by atoms with van der Waals surface area (Å²) in [5, 5.41) is 4.93. The van der Waals surface area contributed by atoms with Crippen LogP contribution in [0.4, 0.5) is 0 Å². The molecule has 3 aliphatic carbocycles. The molecule has 79 heavy (non-hydrogen) atoms. The summed E-state index contributed by atoms with van der Waals surface area (Å²) in [6, 6.07) is 68.7. The molecule has 7 heteroatoms. The summed E-state index contributed by atoms with van der Waals surface area (Å²) in [5.74, 6) is 0. The molecular weight excluding hydrogens is 981 g/mol. The molecule has 6 aromatic heterocycles. The van der Waals surface area contributed by atoms with Gasteiger partial charge in [-0.15, -0.1) is 0 Å². The van der Waals surface area contributed by atoms with Crippen LogP contribution in [0.25, 0.3) is 88.9 Å². The molecule has 1 aliphatic heterocycles. The van der Waals surface area contributed by atoms with Gasteiger partial charge in [-0.05, 0) is 145 Å². The van der Waals surface area contributed by atoms with Crippen molar-refractivity contribution in [3.63, 3.8) is 0 Å². The SMILES string of the molecule is CC(C)(C)c1ccc2c(c1)c1ccccc1n2-c1cnc2c(c1)C1(c3ccccc3Sc3cc4c(cc31)-c1ccccc1C41c3cccnc3-c3ncccc31)c1cc(-n3c4ccccc4c4cc(C(C)(C)C)ccc43)cnc1-2. The predicted octanol–water partition coefficient (Wildman–Crippen LogP) is 17.2. The number of nitrogens with zero attached hydrogens (tertiary/aromatic N) is 6. The second-order valence-corrected chi connectivity index (χ2v) is 25.3. The Morgan fingerprint density at radius 3 is 1.38 bits per heavy atom. The van der Waals surface area contributed by atoms with Gasteiger partial charge in [0.1, 0.15) is 0 Å². The van der Waals surface area contributed by atoms with Crippen LogP contribution in [0, 0.1) is 0 Å². The third-order valence-electron chi connectivity index (χ3n) is 18.1. The predicted molar refractivity (Wildman–Crippen MR) is 321 cm³/mol. The van der Waals surface area contributed by atoms with Crippen molar-refractivity contribution in [1.82, 2.24) is 29.1 Å². The number of hydrogen-bond donors (Lipinski definition) is 0. The van der Waals surface area contributed by atoms with Crippen LogP contribution in [-0.2, 0) is 21.7 Å². The van der Waals surface area contributed by atoms with E-state index >= 15 is 0 Å². The number of fused-ring (bicyclic) bond motifs is 25. The van der Waals surface area contributed by atoms with E-state index < -0.39 is 10.8 Å². The van der Waals surface area contributed by atoms with E-state index in [0.717, 1.165) is 67.3 Å². The number of hydrogen-bond acceptors (Lipinski definition) is 5. The molecule has 0 saturated heterocycles. The smallest absolute Gasteiger partial charge is 0.0939 e. The van der Waals surface area contributed by atoms with E-state index in [4.69, 9.17) is 19.9 Å². The fourth-order valence-corrected chi connectivity index (χ4v) is 15.8. The molecule has 0 amide bonds. The molecule has 0 unspecified atom stereocenters. The van der Waals surface area contributed by atoms with Crippen molar-refractivity contribution >= 4 is 55.4 Å². The van der Waals surface area contributed by atoms with Crippen LogP contribution in [0.2, 0.25) is 0 Å². The molecule has 0 N–H and O–H groups in total. The normalized spacial score (nSPS) is 14.9. The lowest BCUT2D eigenvalue weighted by molar-refractivity contribution is 0.591. The monoisotopic (exact) mass is 1030 g/mol. The fraction of sp³-hybridized carbons (Fsp3) is 0.139. The van der Waals surface area contributed by atoms with Gasteiger partial charge in [0.15, 0.2) is 0 Å². The molecule has 0 fully saturated rings. The highest BCUT2D eigenvalue weighted by Gasteiger charge is 2.57. The van der Waals surface area contributed by atoms with Gasteiger partial charge in [0.2, 0.25) is 0 Å². The third kappa shape index (κ3) is 5.72. The van der Waals surface area contributed by atoms with Gasteiger partial charge < -0.3 is 9.13 Å². The first kappa shape index (κ1) is 45.1. The molecule has 0 radical (unpaired) electrons. The Morgan fingerprint density at radius 2 is 0.810 bits per heavy atom. The maximum atomic E-state index is 5.65. The number of rotatable bonds is 2. The Hall–Kier alpha value is -8.91. The van der Waals surface area contributed by atoms with E-state index in [1.807, 2.05) is 24.2 Å². The molecule has 6 nitrogen and oxygen atoms in total. The van der Waals surface area contributed by atoms with Crippen LogP contribution < -0.4 is 0 Å². The zero-order valence-corrected chi connectivity index (χ0v) is 45.5. The van der Waals surface area contributed by atoms with Crippen molar-refractivity contribution in [1.29, 1.82) is 0 Å². The number of para-hydroxylation sites is 2. The van der Waals surface area contributed by atoms with Crippen molar-refractivity contribution < 1.29 is 0 Å². The highest BCUT2D eigenvalue weighted by atomic mass is 32.2. The van der Waals surface area contributed by atoms with E-state index in [2.05, 4.69) is 245 Å². The Bertz CT molecular complexity index is 4640. The Morgan fingerprint density at radius 1 is 0.342 bits per heavy atom. The van der Waals surface area contributed by atoms with E-state index in [1.54, 1.807) is 0 Å². The second kappa shape index (κ2) is 15.4. The largest absolute Gasteiger partial charge is 0.308 e. The summed E-state index contributed by atoms with van der Waals surface area (Å²) >= 11 is 1.88. The summed E-state index contributed by atoms with van der Waals surface area (Å²) in [6.07, 6.45) is 7.99. The Labute approximate surface area is 462 Å². The average Bonchev–Trinajstić information content (AvgIpc) is 3.02. The summed E-state index contributed by atoms with van der Waals surface area (Å²) in [5.41, 5.74) is 23.5. The summed E-state index contributed by atoms with van der Waals surface area (Å²) in [4.78, 5) is 23.9. The minimum absolute atomic E-state index is 0.0104. The molecule has 376 valence electrons. The van der Waals surface area contributed by atoms with Crippen LogP contribution in [0.5, 0.6) is 0 Å². The Kier molecular flexibility index (Phi) is 8.82. The highest BCUT2D eigenvalue weighted by molar-refractivity contribution is 7.99. The summed E-state index contributed by atoms with van der Waals surface area (Å²) < 4.78 is 4.88. The first-order valence-electron chi connectivity index (χ1n) is 27.5. The summed E-state index contributed by atoms with van der Waals surface area (Å²) in [7, 11) is 0. The van der Waals surface area contributed by atoms with E-state index in [0.29, 0.717) is 0 Å². The number of aromatic nitrogens is 6. The average molecular weight is 1030 g/mol. The van der Waals surface area contributed by atoms with E-state index in [9.17, 15) is 0 Å². The van der Waals surface area contributed by atoms with Gasteiger partial charge in [-0.2, -0.15) is 0 Å². The molecule has 13 aromatic rings. The summed E-state index contributed by atoms with van der Waals surface area (Å²) in [6.45, 7) is 13.8. The van der Waals surface area contributed by atoms with Gasteiger partial charge in [0, 0.05) is 54.9 Å². The maximum absolute atomic E-state index is 5.65. The molecule has 0 saturated carbocycles. The first-order valence-corrected chi connectivity index (χ1v) is 28.3. The fourth-order valence-electron chi connectivity index (χ4n) is 14.6. The molecule has 0 atom stereocenters. The minimum atomic E-state index is -0.849. The van der Waals surface area contributed by atoms with Crippen LogP contribution in [0.15, 0.2) is 217 Å². The second-order valence-electron chi connectivity index (χ2n) is 24.2. The van der Waals surface area contributed by atoms with E-state index in [1.165, 1.54) is 87.0 Å². The Balaban J connectivity index is 0.993. The molecule has 7 aromatic carbocycles. The lowest BCUT2D eigenvalue weighted by Crippen LogP contribution is -2.33. The lowest BCUT2D eigenvalue weighted by atomic mass is 9.66. The van der Waals surface area contributed by atoms with Crippen LogP contribution >= 0.6 is 11.8 Å². The van der Waals surface area contributed by atoms with Gasteiger partial charge in [0.25, 0.3) is 0 Å². The zero-order chi connectivity index (χ0) is 52.9. The van der Waals surface area contributed by atoms with Gasteiger partial charge in [-0.3, -0.25) is 19.9 Å². The molecule has 7 heterocycles. The van der Waals surface area contributed by atoms with Crippen molar-refractivity contribution in [2.75, 3.05) is 0 Å². The van der Waals surface area contributed by atoms with Crippen LogP contribution in [-0.4, -0.2) is 29.1 Å². The molecule has 17 rings (SSSR count). The standard InChI is InChI=1S/C72H52N6S/c1-69(2,3)41-27-29-61-49(33-41)46-18-8-12-24-59(46)77(61)43-35-57-67(75-39-43)68-58(36-44(40-76-68)78-60-25-13-9-19-47(60)50-34-42(70(4,5)6)28-30-62(50)78)72(57)52-21-11-14-26-63(52)79-64-38-55-48(37-56(64)72)45-17-7-10-20-51(45)71(55)53-22-15-31-73-65(53)66-54(71)23-16-32-74-66/h7-40H,1-6H3. The van der Waals surface area contributed by atoms with Crippen molar-refractivity contribution in [3.8, 4) is 45.3 Å². The minimum Gasteiger partial charge on any atom is -0.308 e. The van der Waals surface area contributed by atoms with Crippen LogP contribution in [0.3, 0.4) is 0 Å². The van der Waals surface area contributed by atoms with E-state index in [-0.39, 0.29) is 10.8 Å². The molecule has 4 aliphatic rings. The first-order chi connectivity index (χ1) is 38.4. The zero-order valence-electron chi connectivity index (χ0n) is 44.7. The van der Waals surface area contributed by atoms with Crippen molar-refractivity contribution in [2.24, 2.45) is 0 Å². The van der Waals surface area contributed by atoms with Gasteiger partial charge >= 0.3 is 0 Å². The van der Waals surface area contributed by atoms with Crippen molar-refractivity contribution in [2.45, 2.75) is 73.0 Å². The number of pyridine rings is 4. The molecular formula is C72H52N6S.